The first-order valence-corrected chi connectivity index (χ1v) is 4.84. The molecule has 14 heavy (non-hydrogen) atoms. The lowest BCUT2D eigenvalue weighted by Crippen LogP contribution is -1.98. The fraction of sp³-hybridized carbons (Fsp3) is 0.250. The van der Waals surface area contributed by atoms with Crippen molar-refractivity contribution >= 4 is 11.3 Å². The number of aromatic nitrogens is 2. The van der Waals surface area contributed by atoms with Crippen molar-refractivity contribution < 1.29 is 0 Å². The Morgan fingerprint density at radius 3 is 3.00 bits per heavy atom. The molecule has 1 heterocycles. The van der Waals surface area contributed by atoms with Crippen molar-refractivity contribution in [1.29, 1.82) is 0 Å². The molecule has 2 heteroatoms. The van der Waals surface area contributed by atoms with Crippen LogP contribution < -0.4 is 0 Å². The molecule has 0 aliphatic heterocycles. The maximum atomic E-state index is 4.31. The van der Waals surface area contributed by atoms with Crippen molar-refractivity contribution in [3.63, 3.8) is 0 Å². The summed E-state index contributed by atoms with van der Waals surface area (Å²) in [5, 5.41) is 4.31. The smallest absolute Gasteiger partial charge is 0.0569 e. The van der Waals surface area contributed by atoms with Gasteiger partial charge in [0.15, 0.2) is 0 Å². The van der Waals surface area contributed by atoms with Gasteiger partial charge in [-0.05, 0) is 31.4 Å². The minimum atomic E-state index is 1.06. The van der Waals surface area contributed by atoms with Gasteiger partial charge in [0.25, 0.3) is 0 Å². The zero-order valence-corrected chi connectivity index (χ0v) is 8.40. The number of nitrogens with zero attached hydrogens (tertiary/aromatic N) is 2. The Hall–Kier alpha value is -1.57. The van der Waals surface area contributed by atoms with E-state index in [2.05, 4.69) is 29.9 Å². The van der Waals surface area contributed by atoms with Crippen LogP contribution in [-0.2, 0) is 0 Å². The molecule has 0 radical (unpaired) electrons. The lowest BCUT2D eigenvalue weighted by molar-refractivity contribution is 0.838. The average molecular weight is 186 g/mol. The summed E-state index contributed by atoms with van der Waals surface area (Å²) >= 11 is 0. The third-order valence-electron chi connectivity index (χ3n) is 2.36. The van der Waals surface area contributed by atoms with Crippen LogP contribution in [0.3, 0.4) is 0 Å². The molecule has 72 valence electrons. The van der Waals surface area contributed by atoms with Crippen LogP contribution in [0.4, 0.5) is 0 Å². The Balaban J connectivity index is 2.28. The fourth-order valence-corrected chi connectivity index (χ4v) is 1.48. The van der Waals surface area contributed by atoms with Gasteiger partial charge >= 0.3 is 0 Å². The van der Waals surface area contributed by atoms with Gasteiger partial charge in [-0.1, -0.05) is 18.7 Å². The van der Waals surface area contributed by atoms with E-state index in [1.807, 2.05) is 24.0 Å². The van der Waals surface area contributed by atoms with E-state index in [9.17, 15) is 0 Å². The molecule has 0 bridgehead atoms. The van der Waals surface area contributed by atoms with Crippen molar-refractivity contribution in [2.24, 2.45) is 0 Å². The second-order valence-electron chi connectivity index (χ2n) is 3.58. The molecule has 1 aliphatic carbocycles. The van der Waals surface area contributed by atoms with E-state index >= 15 is 0 Å². The lowest BCUT2D eigenvalue weighted by atomic mass is 10.1. The highest BCUT2D eigenvalue weighted by atomic mass is 15.3. The maximum absolute atomic E-state index is 4.31. The Morgan fingerprint density at radius 2 is 2.43 bits per heavy atom. The minimum Gasteiger partial charge on any atom is -0.244 e. The number of rotatable bonds is 2. The normalized spacial score (nSPS) is 15.4. The third-order valence-corrected chi connectivity index (χ3v) is 2.36. The molecular formula is C12H14N2. The predicted molar refractivity (Wildman–Crippen MR) is 59.6 cm³/mol. The molecule has 1 aliphatic rings. The molecule has 0 aromatic carbocycles. The van der Waals surface area contributed by atoms with Crippen LogP contribution in [0, 0.1) is 0 Å². The predicted octanol–water partition coefficient (Wildman–Crippen LogP) is 3.11. The van der Waals surface area contributed by atoms with E-state index in [-0.39, 0.29) is 0 Å². The monoisotopic (exact) mass is 186 g/mol. The third kappa shape index (κ3) is 1.69. The quantitative estimate of drug-likeness (QED) is 0.694. The average Bonchev–Trinajstić information content (AvgIpc) is 2.68. The van der Waals surface area contributed by atoms with Gasteiger partial charge in [-0.25, -0.2) is 4.68 Å². The van der Waals surface area contributed by atoms with Crippen LogP contribution in [0.1, 0.15) is 25.3 Å². The van der Waals surface area contributed by atoms with Crippen LogP contribution in [0.25, 0.3) is 11.3 Å². The van der Waals surface area contributed by atoms with Crippen molar-refractivity contribution in [2.45, 2.75) is 19.8 Å². The molecule has 1 aromatic heterocycles. The van der Waals surface area contributed by atoms with Crippen LogP contribution in [0.15, 0.2) is 37.2 Å². The van der Waals surface area contributed by atoms with Gasteiger partial charge in [0.1, 0.15) is 0 Å². The first-order valence-electron chi connectivity index (χ1n) is 4.84. The summed E-state index contributed by atoms with van der Waals surface area (Å²) in [5.41, 5.74) is 3.42. The zero-order valence-electron chi connectivity index (χ0n) is 8.40. The van der Waals surface area contributed by atoms with Gasteiger partial charge < -0.3 is 0 Å². The Bertz CT molecular complexity index is 408. The minimum absolute atomic E-state index is 1.06. The molecule has 0 spiro atoms. The van der Waals surface area contributed by atoms with Gasteiger partial charge in [0, 0.05) is 17.5 Å². The molecule has 0 amide bonds. The van der Waals surface area contributed by atoms with E-state index < -0.39 is 0 Å². The van der Waals surface area contributed by atoms with E-state index in [0.717, 1.165) is 24.0 Å². The SMILES string of the molecule is C=C(C)c1cnn(C2=CC=CCC2)c1. The number of hydrogen-bond acceptors (Lipinski definition) is 1. The molecule has 0 unspecified atom stereocenters. The molecule has 0 fully saturated rings. The molecule has 1 aromatic rings. The summed E-state index contributed by atoms with van der Waals surface area (Å²) in [6, 6.07) is 0. The van der Waals surface area contributed by atoms with Crippen molar-refractivity contribution in [3.05, 3.63) is 42.8 Å². The highest BCUT2D eigenvalue weighted by Crippen LogP contribution is 2.18. The molecule has 0 N–H and O–H groups in total. The maximum Gasteiger partial charge on any atom is 0.0569 e. The number of allylic oxidation sites excluding steroid dienone is 5. The van der Waals surface area contributed by atoms with Gasteiger partial charge in [0.2, 0.25) is 0 Å². The second-order valence-corrected chi connectivity index (χ2v) is 3.58. The zero-order chi connectivity index (χ0) is 9.97. The second kappa shape index (κ2) is 3.66. The highest BCUT2D eigenvalue weighted by molar-refractivity contribution is 5.61. The van der Waals surface area contributed by atoms with Crippen LogP contribution in [-0.4, -0.2) is 9.78 Å². The molecule has 0 saturated heterocycles. The molecule has 0 saturated carbocycles. The van der Waals surface area contributed by atoms with E-state index in [1.165, 1.54) is 5.70 Å². The summed E-state index contributed by atoms with van der Waals surface area (Å²) < 4.78 is 1.94. The van der Waals surface area contributed by atoms with Crippen LogP contribution in [0.5, 0.6) is 0 Å². The van der Waals surface area contributed by atoms with Gasteiger partial charge in [-0.2, -0.15) is 5.10 Å². The van der Waals surface area contributed by atoms with Crippen LogP contribution >= 0.6 is 0 Å². The molecule has 2 nitrogen and oxygen atoms in total. The standard InChI is InChI=1S/C12H14N2/c1-10(2)11-8-13-14(9-11)12-6-4-3-5-7-12/h3-4,6,8-9H,1,5,7H2,2H3. The van der Waals surface area contributed by atoms with Gasteiger partial charge in [-0.3, -0.25) is 0 Å². The van der Waals surface area contributed by atoms with Gasteiger partial charge in [0.05, 0.1) is 6.20 Å². The topological polar surface area (TPSA) is 17.8 Å². The van der Waals surface area contributed by atoms with Crippen molar-refractivity contribution in [1.82, 2.24) is 9.78 Å². The summed E-state index contributed by atoms with van der Waals surface area (Å²) in [6.45, 7) is 5.89. The van der Waals surface area contributed by atoms with E-state index in [4.69, 9.17) is 0 Å². The Labute approximate surface area is 84.2 Å². The summed E-state index contributed by atoms with van der Waals surface area (Å²) in [4.78, 5) is 0. The molecule has 2 rings (SSSR count). The molecule has 0 atom stereocenters. The number of hydrogen-bond donors (Lipinski definition) is 0. The van der Waals surface area contributed by atoms with Crippen molar-refractivity contribution in [2.75, 3.05) is 0 Å². The Kier molecular flexibility index (Phi) is 2.35. The van der Waals surface area contributed by atoms with Crippen LogP contribution in [0.2, 0.25) is 0 Å². The Morgan fingerprint density at radius 1 is 1.57 bits per heavy atom. The van der Waals surface area contributed by atoms with Gasteiger partial charge in [-0.15, -0.1) is 0 Å². The lowest BCUT2D eigenvalue weighted by Gasteiger charge is -2.08. The summed E-state index contributed by atoms with van der Waals surface area (Å²) in [7, 11) is 0. The van der Waals surface area contributed by atoms with E-state index in [0.29, 0.717) is 0 Å². The summed E-state index contributed by atoms with van der Waals surface area (Å²) in [6.07, 6.45) is 12.4. The largest absolute Gasteiger partial charge is 0.244 e. The fourth-order valence-electron chi connectivity index (χ4n) is 1.48. The van der Waals surface area contributed by atoms with E-state index in [1.54, 1.807) is 0 Å². The highest BCUT2D eigenvalue weighted by Gasteiger charge is 2.04. The first kappa shape index (κ1) is 9.00. The molecular weight excluding hydrogens is 172 g/mol. The first-order chi connectivity index (χ1) is 6.77. The van der Waals surface area contributed by atoms with Crippen molar-refractivity contribution in [3.8, 4) is 0 Å². The summed E-state index contributed by atoms with van der Waals surface area (Å²) in [5.74, 6) is 0.